The van der Waals surface area contributed by atoms with Crippen molar-refractivity contribution in [2.24, 2.45) is 0 Å². The number of pyridine rings is 1. The summed E-state index contributed by atoms with van der Waals surface area (Å²) in [5, 5.41) is 11.4. The molecule has 0 radical (unpaired) electrons. The number of β-amino-alcohol motifs (C(OH)–C–C–N with tert-alkyl or cyclic N) is 1. The second-order valence-electron chi connectivity index (χ2n) is 10.0. The number of aryl methyl sites for hydroxylation is 1. The van der Waals surface area contributed by atoms with Gasteiger partial charge >= 0.3 is 0 Å². The molecule has 2 saturated heterocycles. The standard InChI is InChI=1S/C26H29ClFN5O/c1-16-3-2-9-29-22(16)17-4-10-32(11-5-17)24-20-13-18(33-12-6-19(34)15-33)14-21(27)23(20)30-25(31-24)26(28)7-8-26/h2-3,9,13-14,17,19,34H,4-8,10-12,15H2,1H3/t19-/m1/s1. The number of hydrogen-bond acceptors (Lipinski definition) is 6. The molecule has 6 nitrogen and oxygen atoms in total. The van der Waals surface area contributed by atoms with E-state index in [9.17, 15) is 5.11 Å². The van der Waals surface area contributed by atoms with Crippen molar-refractivity contribution in [1.82, 2.24) is 15.0 Å². The van der Waals surface area contributed by atoms with Crippen molar-refractivity contribution < 1.29 is 9.50 Å². The summed E-state index contributed by atoms with van der Waals surface area (Å²) in [6, 6.07) is 8.05. The van der Waals surface area contributed by atoms with Crippen LogP contribution in [0.5, 0.6) is 0 Å². The van der Waals surface area contributed by atoms with Gasteiger partial charge in [0.15, 0.2) is 11.5 Å². The van der Waals surface area contributed by atoms with Gasteiger partial charge in [0, 0.05) is 55.1 Å². The van der Waals surface area contributed by atoms with Crippen molar-refractivity contribution in [3.05, 3.63) is 52.6 Å². The smallest absolute Gasteiger partial charge is 0.170 e. The van der Waals surface area contributed by atoms with E-state index < -0.39 is 5.67 Å². The molecule has 178 valence electrons. The molecule has 3 aromatic rings. The third-order valence-electron chi connectivity index (χ3n) is 7.57. The Hall–Kier alpha value is -2.51. The van der Waals surface area contributed by atoms with Crippen molar-refractivity contribution >= 4 is 34.0 Å². The number of alkyl halides is 1. The third kappa shape index (κ3) is 3.89. The molecule has 1 aliphatic carbocycles. The molecule has 8 heteroatoms. The van der Waals surface area contributed by atoms with Crippen molar-refractivity contribution in [2.75, 3.05) is 36.0 Å². The molecule has 0 unspecified atom stereocenters. The molecule has 0 spiro atoms. The Morgan fingerprint density at radius 3 is 2.53 bits per heavy atom. The lowest BCUT2D eigenvalue weighted by molar-refractivity contribution is 0.198. The predicted octanol–water partition coefficient (Wildman–Crippen LogP) is 4.90. The summed E-state index contributed by atoms with van der Waals surface area (Å²) in [5.74, 6) is 1.43. The van der Waals surface area contributed by atoms with Crippen molar-refractivity contribution in [2.45, 2.75) is 56.7 Å². The van der Waals surface area contributed by atoms with Crippen LogP contribution >= 0.6 is 11.6 Å². The minimum absolute atomic E-state index is 0.254. The highest BCUT2D eigenvalue weighted by atomic mass is 35.5. The molecule has 0 bridgehead atoms. The van der Waals surface area contributed by atoms with Gasteiger partial charge in [0.25, 0.3) is 0 Å². The van der Waals surface area contributed by atoms with Crippen molar-refractivity contribution in [1.29, 1.82) is 0 Å². The fourth-order valence-electron chi connectivity index (χ4n) is 5.38. The van der Waals surface area contributed by atoms with Gasteiger partial charge in [-0.2, -0.15) is 0 Å². The molecule has 2 aliphatic heterocycles. The zero-order valence-electron chi connectivity index (χ0n) is 19.3. The van der Waals surface area contributed by atoms with E-state index in [0.29, 0.717) is 35.8 Å². The van der Waals surface area contributed by atoms with Crippen LogP contribution in [0.15, 0.2) is 30.5 Å². The summed E-state index contributed by atoms with van der Waals surface area (Å²) in [5.41, 5.74) is 2.53. The summed E-state index contributed by atoms with van der Waals surface area (Å²) in [7, 11) is 0. The maximum Gasteiger partial charge on any atom is 0.170 e. The number of hydrogen-bond donors (Lipinski definition) is 1. The van der Waals surface area contributed by atoms with E-state index in [1.807, 2.05) is 18.3 Å². The van der Waals surface area contributed by atoms with E-state index in [-0.39, 0.29) is 11.9 Å². The van der Waals surface area contributed by atoms with E-state index >= 15 is 4.39 Å². The summed E-state index contributed by atoms with van der Waals surface area (Å²) in [6.45, 7) is 5.11. The van der Waals surface area contributed by atoms with Crippen LogP contribution in [0.25, 0.3) is 10.9 Å². The van der Waals surface area contributed by atoms with Gasteiger partial charge in [0.1, 0.15) is 5.82 Å². The molecular weight excluding hydrogens is 453 g/mol. The van der Waals surface area contributed by atoms with Crippen LogP contribution in [0.1, 0.15) is 55.1 Å². The first-order chi connectivity index (χ1) is 16.4. The zero-order valence-corrected chi connectivity index (χ0v) is 20.1. The number of rotatable bonds is 4. The van der Waals surface area contributed by atoms with Crippen LogP contribution in [-0.4, -0.2) is 52.3 Å². The van der Waals surface area contributed by atoms with Crippen molar-refractivity contribution in [3.63, 3.8) is 0 Å². The molecule has 6 rings (SSSR count). The number of anilines is 2. The first-order valence-electron chi connectivity index (χ1n) is 12.2. The van der Waals surface area contributed by atoms with Gasteiger partial charge in [-0.05, 0) is 62.8 Å². The molecule has 34 heavy (non-hydrogen) atoms. The summed E-state index contributed by atoms with van der Waals surface area (Å²) >= 11 is 6.72. The number of aliphatic hydroxyl groups excluding tert-OH is 1. The summed E-state index contributed by atoms with van der Waals surface area (Å²) in [4.78, 5) is 18.4. The molecule has 1 atom stereocenters. The number of nitrogens with zero attached hydrogens (tertiary/aromatic N) is 5. The predicted molar refractivity (Wildman–Crippen MR) is 133 cm³/mol. The molecule has 3 aliphatic rings. The molecule has 1 N–H and O–H groups in total. The second kappa shape index (κ2) is 8.31. The molecule has 3 fully saturated rings. The Bertz CT molecular complexity index is 1240. The van der Waals surface area contributed by atoms with Gasteiger partial charge in [-0.25, -0.2) is 14.4 Å². The average Bonchev–Trinajstić information content (AvgIpc) is 3.45. The lowest BCUT2D eigenvalue weighted by atomic mass is 9.90. The van der Waals surface area contributed by atoms with Gasteiger partial charge in [0.2, 0.25) is 0 Å². The SMILES string of the molecule is Cc1cccnc1C1CCN(c2nc(C3(F)CC3)nc3c(Cl)cc(N4CC[C@@H](O)C4)cc23)CC1. The number of halogens is 2. The minimum Gasteiger partial charge on any atom is -0.391 e. The maximum atomic E-state index is 15.1. The van der Waals surface area contributed by atoms with Crippen molar-refractivity contribution in [3.8, 4) is 0 Å². The average molecular weight is 482 g/mol. The fraction of sp³-hybridized carbons (Fsp3) is 0.500. The van der Waals surface area contributed by atoms with E-state index in [0.717, 1.165) is 55.8 Å². The van der Waals surface area contributed by atoms with Gasteiger partial charge in [-0.1, -0.05) is 17.7 Å². The fourth-order valence-corrected chi connectivity index (χ4v) is 5.64. The van der Waals surface area contributed by atoms with Crippen LogP contribution < -0.4 is 9.80 Å². The highest BCUT2D eigenvalue weighted by Crippen LogP contribution is 2.49. The highest BCUT2D eigenvalue weighted by molar-refractivity contribution is 6.35. The Balaban J connectivity index is 1.38. The monoisotopic (exact) mass is 481 g/mol. The number of piperidine rings is 1. The lowest BCUT2D eigenvalue weighted by Gasteiger charge is -2.34. The number of aliphatic hydroxyl groups is 1. The molecule has 1 saturated carbocycles. The highest BCUT2D eigenvalue weighted by Gasteiger charge is 2.48. The third-order valence-corrected chi connectivity index (χ3v) is 7.86. The quantitative estimate of drug-likeness (QED) is 0.571. The van der Waals surface area contributed by atoms with Gasteiger partial charge in [0.05, 0.1) is 16.6 Å². The maximum absolute atomic E-state index is 15.1. The largest absolute Gasteiger partial charge is 0.391 e. The normalized spacial score (nSPS) is 22.5. The topological polar surface area (TPSA) is 65.4 Å². The van der Waals surface area contributed by atoms with Crippen LogP contribution in [0.4, 0.5) is 15.9 Å². The van der Waals surface area contributed by atoms with Crippen LogP contribution in [-0.2, 0) is 5.67 Å². The lowest BCUT2D eigenvalue weighted by Crippen LogP contribution is -2.34. The van der Waals surface area contributed by atoms with E-state index in [1.165, 1.54) is 11.3 Å². The van der Waals surface area contributed by atoms with Crippen LogP contribution in [0, 0.1) is 6.92 Å². The Labute approximate surface area is 203 Å². The van der Waals surface area contributed by atoms with Gasteiger partial charge in [-0.3, -0.25) is 4.98 Å². The Morgan fingerprint density at radius 2 is 1.85 bits per heavy atom. The van der Waals surface area contributed by atoms with Crippen LogP contribution in [0.2, 0.25) is 5.02 Å². The Kier molecular flexibility index (Phi) is 5.37. The Morgan fingerprint density at radius 1 is 1.09 bits per heavy atom. The van der Waals surface area contributed by atoms with E-state index in [4.69, 9.17) is 16.6 Å². The van der Waals surface area contributed by atoms with E-state index in [2.05, 4.69) is 38.8 Å². The second-order valence-corrected chi connectivity index (χ2v) is 10.4. The first kappa shape index (κ1) is 22.0. The number of fused-ring (bicyclic) bond motifs is 1. The molecular formula is C26H29ClFN5O. The van der Waals surface area contributed by atoms with E-state index in [1.54, 1.807) is 0 Å². The minimum atomic E-state index is -1.44. The summed E-state index contributed by atoms with van der Waals surface area (Å²) in [6.07, 6.45) is 5.12. The number of aromatic nitrogens is 3. The van der Waals surface area contributed by atoms with Crippen LogP contribution in [0.3, 0.4) is 0 Å². The number of benzene rings is 1. The molecule has 0 amide bonds. The first-order valence-corrected chi connectivity index (χ1v) is 12.6. The zero-order chi connectivity index (χ0) is 23.4. The molecule has 4 heterocycles. The van der Waals surface area contributed by atoms with Gasteiger partial charge in [-0.15, -0.1) is 0 Å². The van der Waals surface area contributed by atoms with Gasteiger partial charge < -0.3 is 14.9 Å². The molecule has 1 aromatic carbocycles. The summed E-state index contributed by atoms with van der Waals surface area (Å²) < 4.78 is 15.1. The molecule has 2 aromatic heterocycles.